The highest BCUT2D eigenvalue weighted by atomic mass is 16.5. The van der Waals surface area contributed by atoms with Gasteiger partial charge in [-0.25, -0.2) is 4.79 Å². The number of nitrogens with two attached hydrogens (primary N) is 1. The lowest BCUT2D eigenvalue weighted by molar-refractivity contribution is -0.135. The van der Waals surface area contributed by atoms with Gasteiger partial charge >= 0.3 is 6.09 Å². The number of hydrogen-bond acceptors (Lipinski definition) is 12. The second-order valence-electron chi connectivity index (χ2n) is 18.5. The average Bonchev–Trinajstić information content (AvgIpc) is 3.66. The van der Waals surface area contributed by atoms with Crippen molar-refractivity contribution in [2.24, 2.45) is 29.4 Å². The third-order valence-corrected chi connectivity index (χ3v) is 12.7. The molecule has 0 aliphatic heterocycles. The Kier molecular flexibility index (Phi) is 19.3. The summed E-state index contributed by atoms with van der Waals surface area (Å²) in [6.07, 6.45) is -1.76. The number of fused-ring (bicyclic) bond motifs is 3. The Morgan fingerprint density at radius 2 is 0.972 bits per heavy atom. The molecule has 376 valence electrons. The summed E-state index contributed by atoms with van der Waals surface area (Å²) >= 11 is 0. The van der Waals surface area contributed by atoms with Crippen LogP contribution >= 0.6 is 0 Å². The SMILES string of the molecule is C[C@H](CC(=O)[C@H](C)NC(=O)[C@@H](CC(=O)[C@H](C)NC(=O)[C@H](C)CC(=O)[C@H](C)NC(=O)OCC1c2ccccc2-c2ccccc21)Cc1ccc(O)cc1)C(=O)NCC(=O)C[C@@H](Cc1ccc(O)cc1)C(N)=O. The van der Waals surface area contributed by atoms with E-state index in [0.29, 0.717) is 11.1 Å². The number of primary amides is 1. The first-order chi connectivity index (χ1) is 33.7. The second kappa shape index (κ2) is 25.3. The Bertz CT molecular complexity index is 2550. The molecule has 71 heavy (non-hydrogen) atoms. The van der Waals surface area contributed by atoms with Crippen LogP contribution in [-0.2, 0) is 55.9 Å². The van der Waals surface area contributed by atoms with E-state index in [0.717, 1.165) is 22.3 Å². The number of carbonyl (C=O) groups excluding carboxylic acids is 9. The van der Waals surface area contributed by atoms with Gasteiger partial charge in [0.15, 0.2) is 23.1 Å². The van der Waals surface area contributed by atoms with E-state index in [1.807, 2.05) is 48.5 Å². The lowest BCUT2D eigenvalue weighted by atomic mass is 9.90. The van der Waals surface area contributed by atoms with Crippen LogP contribution in [0.1, 0.15) is 88.5 Å². The number of phenols is 2. The summed E-state index contributed by atoms with van der Waals surface area (Å²) in [6, 6.07) is 24.7. The van der Waals surface area contributed by atoms with Crippen molar-refractivity contribution in [3.63, 3.8) is 0 Å². The quantitative estimate of drug-likeness (QED) is 0.0449. The number of alkyl carbamates (subject to hydrolysis) is 1. The van der Waals surface area contributed by atoms with Gasteiger partial charge in [0.2, 0.25) is 23.6 Å². The van der Waals surface area contributed by atoms with Crippen LogP contribution in [0.2, 0.25) is 0 Å². The van der Waals surface area contributed by atoms with Gasteiger partial charge in [0.05, 0.1) is 24.7 Å². The van der Waals surface area contributed by atoms with Crippen molar-refractivity contribution in [3.8, 4) is 22.6 Å². The van der Waals surface area contributed by atoms with E-state index in [2.05, 4.69) is 21.3 Å². The molecule has 7 atom stereocenters. The molecule has 17 nitrogen and oxygen atoms in total. The number of ketones is 4. The van der Waals surface area contributed by atoms with Crippen LogP contribution in [0.4, 0.5) is 4.79 Å². The molecule has 5 rings (SSSR count). The fourth-order valence-electron chi connectivity index (χ4n) is 8.38. The van der Waals surface area contributed by atoms with E-state index >= 15 is 0 Å². The lowest BCUT2D eigenvalue weighted by Crippen LogP contribution is -2.46. The minimum Gasteiger partial charge on any atom is -0.508 e. The molecule has 0 fully saturated rings. The zero-order valence-electron chi connectivity index (χ0n) is 40.6. The van der Waals surface area contributed by atoms with E-state index in [-0.39, 0.29) is 62.5 Å². The van der Waals surface area contributed by atoms with Crippen molar-refractivity contribution in [1.29, 1.82) is 0 Å². The number of ether oxygens (including phenoxy) is 1. The largest absolute Gasteiger partial charge is 0.508 e. The van der Waals surface area contributed by atoms with Gasteiger partial charge in [0.1, 0.15) is 18.1 Å². The van der Waals surface area contributed by atoms with Gasteiger partial charge in [-0.3, -0.25) is 38.4 Å². The van der Waals surface area contributed by atoms with Gasteiger partial charge < -0.3 is 42.0 Å². The monoisotopic (exact) mass is 973 g/mol. The normalized spacial score (nSPS) is 14.7. The third-order valence-electron chi connectivity index (χ3n) is 12.7. The molecule has 4 aromatic rings. The van der Waals surface area contributed by atoms with Crippen molar-refractivity contribution >= 4 is 52.9 Å². The highest BCUT2D eigenvalue weighted by Gasteiger charge is 2.32. The van der Waals surface area contributed by atoms with Crippen LogP contribution in [0.5, 0.6) is 11.5 Å². The standard InChI is InChI=1S/C54H63N5O12/c1-30(51(67)56-28-41(62)26-37(50(55)66)24-35-14-18-39(60)19-15-35)22-47(63)32(3)58-53(69)38(25-36-16-20-40(61)21-17-36)27-49(65)33(4)57-52(68)31(2)23-48(64)34(5)59-54(70)71-29-46-44-12-8-6-10-42(44)43-11-7-9-13-45(43)46/h6-21,30-34,37-38,46,60-61H,22-29H2,1-5H3,(H2,55,66)(H,56,67)(H,57,68)(H,58,69)(H,59,70)/t30-,31-,32+,33+,34+,37-,38-/m1/s1. The van der Waals surface area contributed by atoms with Crippen LogP contribution in [0.15, 0.2) is 97.1 Å². The van der Waals surface area contributed by atoms with Crippen LogP contribution in [0, 0.1) is 23.7 Å². The minimum atomic E-state index is -1.09. The molecule has 0 saturated heterocycles. The molecule has 0 spiro atoms. The Morgan fingerprint density at radius 1 is 0.535 bits per heavy atom. The molecule has 1 aliphatic rings. The summed E-state index contributed by atoms with van der Waals surface area (Å²) in [5, 5.41) is 29.6. The molecule has 5 amide bonds. The van der Waals surface area contributed by atoms with E-state index in [4.69, 9.17) is 10.5 Å². The van der Waals surface area contributed by atoms with Crippen molar-refractivity contribution in [3.05, 3.63) is 119 Å². The molecule has 8 N–H and O–H groups in total. The number of Topliss-reactive ketones (excluding diaryl/α,β-unsaturated/α-hetero) is 4. The zero-order valence-corrected chi connectivity index (χ0v) is 40.6. The van der Waals surface area contributed by atoms with Crippen LogP contribution in [0.3, 0.4) is 0 Å². The van der Waals surface area contributed by atoms with Gasteiger partial charge in [0.25, 0.3) is 0 Å². The van der Waals surface area contributed by atoms with E-state index < -0.39 is 101 Å². The maximum Gasteiger partial charge on any atom is 0.407 e. The number of benzene rings is 4. The molecular formula is C54H63N5O12. The molecule has 0 aromatic heterocycles. The number of phenolic OH excluding ortho intramolecular Hbond substituents is 2. The summed E-state index contributed by atoms with van der Waals surface area (Å²) in [7, 11) is 0. The van der Waals surface area contributed by atoms with Gasteiger partial charge in [-0.15, -0.1) is 0 Å². The van der Waals surface area contributed by atoms with Crippen molar-refractivity contribution in [2.45, 2.75) is 97.2 Å². The zero-order chi connectivity index (χ0) is 51.9. The van der Waals surface area contributed by atoms with Crippen LogP contribution in [-0.4, -0.2) is 94.3 Å². The number of amides is 5. The fraction of sp³-hybridized carbons (Fsp3) is 0.389. The molecule has 17 heteroatoms. The number of aromatic hydroxyl groups is 2. The molecule has 0 saturated carbocycles. The van der Waals surface area contributed by atoms with Gasteiger partial charge in [0, 0.05) is 55.3 Å². The van der Waals surface area contributed by atoms with Gasteiger partial charge in [-0.1, -0.05) is 86.6 Å². The summed E-state index contributed by atoms with van der Waals surface area (Å²) in [4.78, 5) is 118. The van der Waals surface area contributed by atoms with Crippen molar-refractivity contribution in [1.82, 2.24) is 21.3 Å². The summed E-state index contributed by atoms with van der Waals surface area (Å²) in [5.41, 5.74) is 11.0. The van der Waals surface area contributed by atoms with Crippen LogP contribution < -0.4 is 27.0 Å². The molecule has 4 aromatic carbocycles. The van der Waals surface area contributed by atoms with E-state index in [1.54, 1.807) is 24.3 Å². The summed E-state index contributed by atoms with van der Waals surface area (Å²) in [6.45, 7) is 7.02. The average molecular weight is 974 g/mol. The van der Waals surface area contributed by atoms with Crippen molar-refractivity contribution in [2.75, 3.05) is 13.2 Å². The smallest absolute Gasteiger partial charge is 0.407 e. The summed E-state index contributed by atoms with van der Waals surface area (Å²) in [5.74, 6) is -8.29. The fourth-order valence-corrected chi connectivity index (χ4v) is 8.38. The molecule has 0 radical (unpaired) electrons. The van der Waals surface area contributed by atoms with Crippen LogP contribution in [0.25, 0.3) is 11.1 Å². The number of rotatable bonds is 26. The first-order valence-electron chi connectivity index (χ1n) is 23.7. The predicted octanol–water partition coefficient (Wildman–Crippen LogP) is 4.76. The van der Waals surface area contributed by atoms with E-state index in [1.165, 1.54) is 58.9 Å². The number of nitrogens with one attached hydrogen (secondary N) is 4. The maximum atomic E-state index is 13.8. The lowest BCUT2D eigenvalue weighted by Gasteiger charge is -2.23. The first-order valence-corrected chi connectivity index (χ1v) is 23.7. The Labute approximate surface area is 412 Å². The molecule has 1 aliphatic carbocycles. The first kappa shape index (κ1) is 54.3. The molecule has 0 bridgehead atoms. The van der Waals surface area contributed by atoms with Gasteiger partial charge in [-0.2, -0.15) is 0 Å². The molecular weight excluding hydrogens is 911 g/mol. The number of hydrogen-bond donors (Lipinski definition) is 7. The molecule has 0 heterocycles. The second-order valence-corrected chi connectivity index (χ2v) is 18.5. The van der Waals surface area contributed by atoms with E-state index in [9.17, 15) is 53.4 Å². The third kappa shape index (κ3) is 15.7. The minimum absolute atomic E-state index is 0.0145. The highest BCUT2D eigenvalue weighted by Crippen LogP contribution is 2.44. The van der Waals surface area contributed by atoms with Gasteiger partial charge in [-0.05, 0) is 91.3 Å². The van der Waals surface area contributed by atoms with Crippen molar-refractivity contribution < 1.29 is 58.1 Å². The Balaban J connectivity index is 1.08. The summed E-state index contributed by atoms with van der Waals surface area (Å²) < 4.78 is 5.57. The highest BCUT2D eigenvalue weighted by molar-refractivity contribution is 5.97. The Hall–Kier alpha value is -7.69. The topological polar surface area (TPSA) is 277 Å². The molecule has 0 unspecified atom stereocenters. The Morgan fingerprint density at radius 3 is 1.48 bits per heavy atom. The maximum absolute atomic E-state index is 13.8. The predicted molar refractivity (Wildman–Crippen MR) is 263 cm³/mol. The number of carbonyl (C=O) groups is 9.